The Kier molecular flexibility index (Phi) is 6.02. The number of hydrogen-bond acceptors (Lipinski definition) is 4. The Morgan fingerprint density at radius 1 is 0.960 bits per heavy atom. The number of amides is 1. The van der Waals surface area contributed by atoms with E-state index in [1.165, 1.54) is 16.9 Å². The van der Waals surface area contributed by atoms with Crippen molar-refractivity contribution in [2.45, 2.75) is 19.3 Å². The number of rotatable bonds is 6. The fourth-order valence-corrected chi connectivity index (χ4v) is 3.71. The van der Waals surface area contributed by atoms with E-state index in [-0.39, 0.29) is 11.5 Å². The van der Waals surface area contributed by atoms with Gasteiger partial charge in [-0.15, -0.1) is 10.2 Å². The standard InChI is InChI=1S/C18H15Cl2N3OS/c19-13-9-5-10-14(20)16(13)17(24)21-18-23-22-15(25-18)11-4-8-12-6-2-1-3-7-12/h1-3,5-7,9-10H,4,8,11H2,(H,21,23,24). The van der Waals surface area contributed by atoms with E-state index in [4.69, 9.17) is 23.2 Å². The summed E-state index contributed by atoms with van der Waals surface area (Å²) < 4.78 is 0. The molecule has 2 aromatic carbocycles. The van der Waals surface area contributed by atoms with Gasteiger partial charge in [-0.1, -0.05) is 70.9 Å². The van der Waals surface area contributed by atoms with Gasteiger partial charge in [-0.3, -0.25) is 10.1 Å². The summed E-state index contributed by atoms with van der Waals surface area (Å²) in [6, 6.07) is 15.2. The SMILES string of the molecule is O=C(Nc1nnc(CCCc2ccccc2)s1)c1c(Cl)cccc1Cl. The molecule has 7 heteroatoms. The molecule has 0 spiro atoms. The molecule has 1 aromatic heterocycles. The molecule has 0 unspecified atom stereocenters. The van der Waals surface area contributed by atoms with Crippen molar-refractivity contribution in [2.24, 2.45) is 0 Å². The monoisotopic (exact) mass is 391 g/mol. The van der Waals surface area contributed by atoms with Gasteiger partial charge in [0.15, 0.2) is 0 Å². The molecule has 0 fully saturated rings. The van der Waals surface area contributed by atoms with Crippen LogP contribution in [-0.2, 0) is 12.8 Å². The van der Waals surface area contributed by atoms with Crippen molar-refractivity contribution in [2.75, 3.05) is 5.32 Å². The summed E-state index contributed by atoms with van der Waals surface area (Å²) in [5, 5.41) is 12.8. The molecule has 1 amide bonds. The minimum Gasteiger partial charge on any atom is -0.296 e. The summed E-state index contributed by atoms with van der Waals surface area (Å²) in [7, 11) is 0. The Morgan fingerprint density at radius 3 is 2.40 bits per heavy atom. The van der Waals surface area contributed by atoms with E-state index in [0.717, 1.165) is 24.3 Å². The molecule has 25 heavy (non-hydrogen) atoms. The first-order valence-electron chi connectivity index (χ1n) is 7.75. The van der Waals surface area contributed by atoms with Gasteiger partial charge in [0.2, 0.25) is 5.13 Å². The number of anilines is 1. The Balaban J connectivity index is 1.57. The zero-order valence-electron chi connectivity index (χ0n) is 13.2. The number of benzene rings is 2. The van der Waals surface area contributed by atoms with Crippen LogP contribution in [0, 0.1) is 0 Å². The molecule has 0 saturated carbocycles. The van der Waals surface area contributed by atoms with Gasteiger partial charge in [-0.05, 0) is 30.5 Å². The molecule has 0 aliphatic heterocycles. The highest BCUT2D eigenvalue weighted by Crippen LogP contribution is 2.26. The second-order valence-corrected chi connectivity index (χ2v) is 7.27. The van der Waals surface area contributed by atoms with Crippen LogP contribution in [0.15, 0.2) is 48.5 Å². The van der Waals surface area contributed by atoms with E-state index in [9.17, 15) is 4.79 Å². The quantitative estimate of drug-likeness (QED) is 0.622. The normalized spacial score (nSPS) is 10.6. The topological polar surface area (TPSA) is 54.9 Å². The van der Waals surface area contributed by atoms with Gasteiger partial charge in [0.25, 0.3) is 5.91 Å². The molecule has 0 bridgehead atoms. The number of carbonyl (C=O) groups is 1. The van der Waals surface area contributed by atoms with Crippen molar-refractivity contribution in [3.8, 4) is 0 Å². The summed E-state index contributed by atoms with van der Waals surface area (Å²) >= 11 is 13.5. The Labute approximate surface area is 159 Å². The number of aromatic nitrogens is 2. The van der Waals surface area contributed by atoms with Crippen molar-refractivity contribution < 1.29 is 4.79 Å². The highest BCUT2D eigenvalue weighted by atomic mass is 35.5. The molecule has 0 aliphatic carbocycles. The van der Waals surface area contributed by atoms with E-state index >= 15 is 0 Å². The van der Waals surface area contributed by atoms with Crippen molar-refractivity contribution >= 4 is 45.6 Å². The number of carbonyl (C=O) groups excluding carboxylic acids is 1. The lowest BCUT2D eigenvalue weighted by molar-refractivity contribution is 0.102. The molecule has 1 N–H and O–H groups in total. The summed E-state index contributed by atoms with van der Waals surface area (Å²) in [6.07, 6.45) is 2.77. The van der Waals surface area contributed by atoms with Gasteiger partial charge in [-0.25, -0.2) is 0 Å². The van der Waals surface area contributed by atoms with Crippen LogP contribution in [-0.4, -0.2) is 16.1 Å². The van der Waals surface area contributed by atoms with E-state index in [1.54, 1.807) is 18.2 Å². The fourth-order valence-electron chi connectivity index (χ4n) is 2.37. The molecule has 4 nitrogen and oxygen atoms in total. The molecule has 3 aromatic rings. The summed E-state index contributed by atoms with van der Waals surface area (Å²) in [5.74, 6) is -0.386. The maximum absolute atomic E-state index is 12.3. The van der Waals surface area contributed by atoms with E-state index < -0.39 is 0 Å². The van der Waals surface area contributed by atoms with Crippen LogP contribution in [0.25, 0.3) is 0 Å². The summed E-state index contributed by atoms with van der Waals surface area (Å²) in [6.45, 7) is 0. The largest absolute Gasteiger partial charge is 0.296 e. The van der Waals surface area contributed by atoms with Crippen LogP contribution < -0.4 is 5.32 Å². The van der Waals surface area contributed by atoms with E-state index in [1.807, 2.05) is 18.2 Å². The van der Waals surface area contributed by atoms with Gasteiger partial charge in [-0.2, -0.15) is 0 Å². The second-order valence-electron chi connectivity index (χ2n) is 5.39. The Bertz CT molecular complexity index is 848. The molecule has 1 heterocycles. The van der Waals surface area contributed by atoms with Crippen molar-refractivity contribution in [3.63, 3.8) is 0 Å². The zero-order valence-corrected chi connectivity index (χ0v) is 15.5. The van der Waals surface area contributed by atoms with E-state index in [2.05, 4.69) is 27.6 Å². The third kappa shape index (κ3) is 4.78. The highest BCUT2D eigenvalue weighted by molar-refractivity contribution is 7.15. The second kappa shape index (κ2) is 8.43. The van der Waals surface area contributed by atoms with Gasteiger partial charge in [0.05, 0.1) is 15.6 Å². The lowest BCUT2D eigenvalue weighted by atomic mass is 10.1. The predicted octanol–water partition coefficient (Wildman–Crippen LogP) is 5.27. The molecule has 0 atom stereocenters. The van der Waals surface area contributed by atoms with Crippen LogP contribution in [0.5, 0.6) is 0 Å². The molecule has 0 radical (unpaired) electrons. The van der Waals surface area contributed by atoms with Crippen LogP contribution in [0.4, 0.5) is 5.13 Å². The van der Waals surface area contributed by atoms with Crippen LogP contribution in [0.2, 0.25) is 10.0 Å². The third-order valence-electron chi connectivity index (χ3n) is 3.58. The minimum absolute atomic E-state index is 0.242. The van der Waals surface area contributed by atoms with Gasteiger partial charge in [0, 0.05) is 6.42 Å². The Hall–Kier alpha value is -1.95. The lowest BCUT2D eigenvalue weighted by Gasteiger charge is -2.05. The van der Waals surface area contributed by atoms with E-state index in [0.29, 0.717) is 15.2 Å². The first kappa shape index (κ1) is 17.9. The number of aryl methyl sites for hydroxylation is 2. The number of halogens is 2. The van der Waals surface area contributed by atoms with Gasteiger partial charge in [0.1, 0.15) is 5.01 Å². The average Bonchev–Trinajstić information content (AvgIpc) is 3.03. The first-order chi connectivity index (χ1) is 12.1. The molecule has 3 rings (SSSR count). The van der Waals surface area contributed by atoms with Crippen molar-refractivity contribution in [3.05, 3.63) is 74.7 Å². The van der Waals surface area contributed by atoms with Gasteiger partial charge >= 0.3 is 0 Å². The molecular weight excluding hydrogens is 377 g/mol. The van der Waals surface area contributed by atoms with Crippen LogP contribution in [0.3, 0.4) is 0 Å². The lowest BCUT2D eigenvalue weighted by Crippen LogP contribution is -2.12. The number of hydrogen-bond donors (Lipinski definition) is 1. The molecular formula is C18H15Cl2N3OS. The third-order valence-corrected chi connectivity index (χ3v) is 5.10. The fraction of sp³-hybridized carbons (Fsp3) is 0.167. The average molecular weight is 392 g/mol. The van der Waals surface area contributed by atoms with Crippen LogP contribution in [0.1, 0.15) is 27.3 Å². The number of nitrogens with one attached hydrogen (secondary N) is 1. The molecule has 0 aliphatic rings. The highest BCUT2D eigenvalue weighted by Gasteiger charge is 2.16. The molecule has 128 valence electrons. The smallest absolute Gasteiger partial charge is 0.260 e. The minimum atomic E-state index is -0.386. The van der Waals surface area contributed by atoms with Crippen molar-refractivity contribution in [1.82, 2.24) is 10.2 Å². The first-order valence-corrected chi connectivity index (χ1v) is 9.32. The van der Waals surface area contributed by atoms with Gasteiger partial charge < -0.3 is 0 Å². The summed E-state index contributed by atoms with van der Waals surface area (Å²) in [5.41, 5.74) is 1.54. The maximum Gasteiger partial charge on any atom is 0.260 e. The van der Waals surface area contributed by atoms with Crippen LogP contribution >= 0.6 is 34.5 Å². The number of nitrogens with zero attached hydrogens (tertiary/aromatic N) is 2. The maximum atomic E-state index is 12.3. The molecule has 0 saturated heterocycles. The van der Waals surface area contributed by atoms with Crippen molar-refractivity contribution in [1.29, 1.82) is 0 Å². The Morgan fingerprint density at radius 2 is 1.68 bits per heavy atom. The predicted molar refractivity (Wildman–Crippen MR) is 103 cm³/mol. The zero-order chi connectivity index (χ0) is 17.6. The summed E-state index contributed by atoms with van der Waals surface area (Å²) in [4.78, 5) is 12.3.